The Hall–Kier alpha value is -1.82. The predicted octanol–water partition coefficient (Wildman–Crippen LogP) is 1.66. The highest BCUT2D eigenvalue weighted by Crippen LogP contribution is 2.23. The summed E-state index contributed by atoms with van der Waals surface area (Å²) < 4.78 is 7.02. The fourth-order valence-corrected chi connectivity index (χ4v) is 1.59. The number of primary amides is 1. The molecule has 0 bridgehead atoms. The van der Waals surface area contributed by atoms with E-state index in [0.717, 1.165) is 6.42 Å². The van der Waals surface area contributed by atoms with Crippen LogP contribution in [0.2, 0.25) is 5.15 Å². The normalized spacial score (nSPS) is 12.6. The van der Waals surface area contributed by atoms with Crippen molar-refractivity contribution in [2.24, 2.45) is 5.73 Å². The molecule has 1 amide bonds. The van der Waals surface area contributed by atoms with Gasteiger partial charge in [-0.25, -0.2) is 4.52 Å². The van der Waals surface area contributed by atoms with E-state index >= 15 is 0 Å². The van der Waals surface area contributed by atoms with E-state index in [9.17, 15) is 4.79 Å². The second kappa shape index (κ2) is 4.81. The van der Waals surface area contributed by atoms with E-state index < -0.39 is 5.91 Å². The number of aromatic nitrogens is 3. The number of amides is 1. The van der Waals surface area contributed by atoms with Crippen LogP contribution in [0.1, 0.15) is 30.9 Å². The van der Waals surface area contributed by atoms with Crippen LogP contribution in [0, 0.1) is 0 Å². The van der Waals surface area contributed by atoms with Gasteiger partial charge in [-0.3, -0.25) is 4.79 Å². The molecule has 2 aromatic heterocycles. The Labute approximate surface area is 109 Å². The van der Waals surface area contributed by atoms with Gasteiger partial charge in [-0.2, -0.15) is 4.98 Å². The van der Waals surface area contributed by atoms with Gasteiger partial charge in [0, 0.05) is 0 Å². The fraction of sp³-hybridized carbons (Fsp3) is 0.364. The van der Waals surface area contributed by atoms with Gasteiger partial charge in [-0.15, -0.1) is 5.10 Å². The van der Waals surface area contributed by atoms with Gasteiger partial charge in [-0.1, -0.05) is 18.5 Å². The Morgan fingerprint density at radius 2 is 2.33 bits per heavy atom. The summed E-state index contributed by atoms with van der Waals surface area (Å²) in [4.78, 5) is 15.2. The number of ether oxygens (including phenoxy) is 1. The summed E-state index contributed by atoms with van der Waals surface area (Å²) in [6, 6.07) is 3.38. The van der Waals surface area contributed by atoms with Gasteiger partial charge < -0.3 is 10.5 Å². The van der Waals surface area contributed by atoms with E-state index in [0.29, 0.717) is 16.5 Å². The summed E-state index contributed by atoms with van der Waals surface area (Å²) in [5.74, 6) is -0.547. The van der Waals surface area contributed by atoms with Crippen LogP contribution in [-0.2, 0) is 0 Å². The molecule has 2 N–H and O–H groups in total. The second-order valence-electron chi connectivity index (χ2n) is 3.89. The summed E-state index contributed by atoms with van der Waals surface area (Å²) in [6.45, 7) is 3.90. The second-order valence-corrected chi connectivity index (χ2v) is 4.28. The molecule has 6 nitrogen and oxygen atoms in total. The summed E-state index contributed by atoms with van der Waals surface area (Å²) in [7, 11) is 0. The summed E-state index contributed by atoms with van der Waals surface area (Å²) >= 11 is 5.96. The zero-order valence-corrected chi connectivity index (χ0v) is 10.8. The topological polar surface area (TPSA) is 82.5 Å². The van der Waals surface area contributed by atoms with E-state index in [1.807, 2.05) is 13.8 Å². The lowest BCUT2D eigenvalue weighted by Gasteiger charge is -2.13. The van der Waals surface area contributed by atoms with E-state index in [2.05, 4.69) is 10.1 Å². The van der Waals surface area contributed by atoms with Gasteiger partial charge >= 0.3 is 0 Å². The van der Waals surface area contributed by atoms with Crippen molar-refractivity contribution in [2.45, 2.75) is 26.4 Å². The molecule has 0 saturated heterocycles. The zero-order valence-electron chi connectivity index (χ0n) is 10.1. The molecule has 18 heavy (non-hydrogen) atoms. The number of nitrogens with zero attached hydrogens (tertiary/aromatic N) is 3. The van der Waals surface area contributed by atoms with Crippen LogP contribution < -0.4 is 10.5 Å². The number of hydrogen-bond donors (Lipinski definition) is 1. The minimum absolute atomic E-state index is 0.0295. The van der Waals surface area contributed by atoms with Crippen LogP contribution in [0.3, 0.4) is 0 Å². The Kier molecular flexibility index (Phi) is 3.38. The summed E-state index contributed by atoms with van der Waals surface area (Å²) in [5.41, 5.74) is 5.78. The SMILES string of the molecule is CCC(C)Oc1nc(C(N)=O)nn2c(Cl)ccc12. The van der Waals surface area contributed by atoms with Crippen molar-refractivity contribution in [3.63, 3.8) is 0 Å². The highest BCUT2D eigenvalue weighted by Gasteiger charge is 2.16. The number of nitrogens with two attached hydrogens (primary N) is 1. The summed E-state index contributed by atoms with van der Waals surface area (Å²) in [6.07, 6.45) is 0.786. The lowest BCUT2D eigenvalue weighted by atomic mass is 10.3. The van der Waals surface area contributed by atoms with Gasteiger partial charge in [0.25, 0.3) is 5.91 Å². The van der Waals surface area contributed by atoms with Crippen LogP contribution in [0.25, 0.3) is 5.52 Å². The Morgan fingerprint density at radius 1 is 1.61 bits per heavy atom. The first kappa shape index (κ1) is 12.6. The molecule has 0 spiro atoms. The van der Waals surface area contributed by atoms with E-state index in [1.54, 1.807) is 12.1 Å². The molecule has 1 atom stereocenters. The lowest BCUT2D eigenvalue weighted by molar-refractivity contribution is 0.0986. The van der Waals surface area contributed by atoms with Gasteiger partial charge in [0.05, 0.1) is 6.10 Å². The predicted molar refractivity (Wildman–Crippen MR) is 66.9 cm³/mol. The van der Waals surface area contributed by atoms with E-state index in [-0.39, 0.29) is 11.9 Å². The highest BCUT2D eigenvalue weighted by atomic mass is 35.5. The molecular weight excluding hydrogens is 256 g/mol. The Morgan fingerprint density at radius 3 is 2.94 bits per heavy atom. The maximum Gasteiger partial charge on any atom is 0.288 e. The Bertz CT molecular complexity index is 596. The van der Waals surface area contributed by atoms with Crippen molar-refractivity contribution in [1.29, 1.82) is 0 Å². The average molecular weight is 269 g/mol. The van der Waals surface area contributed by atoms with Crippen LogP contribution in [0.4, 0.5) is 0 Å². The summed E-state index contributed by atoms with van der Waals surface area (Å²) in [5, 5.41) is 4.31. The maximum atomic E-state index is 11.2. The quantitative estimate of drug-likeness (QED) is 0.914. The third-order valence-corrected chi connectivity index (χ3v) is 2.82. The van der Waals surface area contributed by atoms with Gasteiger partial charge in [0.2, 0.25) is 11.7 Å². The Balaban J connectivity index is 2.58. The number of halogens is 1. The van der Waals surface area contributed by atoms with E-state index in [1.165, 1.54) is 4.52 Å². The molecule has 96 valence electrons. The third kappa shape index (κ3) is 2.24. The minimum atomic E-state index is -0.726. The average Bonchev–Trinajstić information content (AvgIpc) is 2.71. The van der Waals surface area contributed by atoms with Crippen LogP contribution >= 0.6 is 11.6 Å². The molecule has 0 fully saturated rings. The monoisotopic (exact) mass is 268 g/mol. The maximum absolute atomic E-state index is 11.2. The first-order chi connectivity index (χ1) is 8.52. The first-order valence-corrected chi connectivity index (χ1v) is 5.92. The molecule has 2 heterocycles. The van der Waals surface area contributed by atoms with Crippen molar-refractivity contribution < 1.29 is 9.53 Å². The van der Waals surface area contributed by atoms with Gasteiger partial charge in [0.1, 0.15) is 10.7 Å². The van der Waals surface area contributed by atoms with Crippen LogP contribution in [0.15, 0.2) is 12.1 Å². The molecule has 0 radical (unpaired) electrons. The smallest absolute Gasteiger partial charge is 0.288 e. The molecule has 7 heteroatoms. The minimum Gasteiger partial charge on any atom is -0.473 e. The number of carbonyl (C=O) groups is 1. The fourth-order valence-electron chi connectivity index (χ4n) is 1.40. The standard InChI is InChI=1S/C11H13ClN4O2/c1-3-6(2)18-11-7-4-5-8(12)16(7)15-10(14-11)9(13)17/h4-6H,3H2,1-2H3,(H2,13,17). The molecule has 0 aromatic carbocycles. The molecule has 1 unspecified atom stereocenters. The van der Waals surface area contributed by atoms with Crippen LogP contribution in [-0.4, -0.2) is 26.6 Å². The molecule has 0 aliphatic carbocycles. The molecule has 0 saturated carbocycles. The van der Waals surface area contributed by atoms with Crippen molar-refractivity contribution in [1.82, 2.24) is 14.6 Å². The highest BCUT2D eigenvalue weighted by molar-refractivity contribution is 6.30. The van der Waals surface area contributed by atoms with Crippen molar-refractivity contribution in [3.8, 4) is 5.88 Å². The molecule has 2 aromatic rings. The van der Waals surface area contributed by atoms with Crippen LogP contribution in [0.5, 0.6) is 5.88 Å². The number of hydrogen-bond acceptors (Lipinski definition) is 4. The third-order valence-electron chi connectivity index (χ3n) is 2.54. The van der Waals surface area contributed by atoms with Crippen molar-refractivity contribution in [2.75, 3.05) is 0 Å². The van der Waals surface area contributed by atoms with Gasteiger partial charge in [-0.05, 0) is 25.5 Å². The zero-order chi connectivity index (χ0) is 13.3. The largest absolute Gasteiger partial charge is 0.473 e. The van der Waals surface area contributed by atoms with Crippen molar-refractivity contribution >= 4 is 23.0 Å². The lowest BCUT2D eigenvalue weighted by Crippen LogP contribution is -2.19. The molecule has 2 rings (SSSR count). The van der Waals surface area contributed by atoms with Gasteiger partial charge in [0.15, 0.2) is 0 Å². The molecule has 0 aliphatic heterocycles. The number of carbonyl (C=O) groups excluding carboxylic acids is 1. The van der Waals surface area contributed by atoms with Crippen molar-refractivity contribution in [3.05, 3.63) is 23.1 Å². The number of rotatable bonds is 4. The molecular formula is C11H13ClN4O2. The van der Waals surface area contributed by atoms with E-state index in [4.69, 9.17) is 22.1 Å². The molecule has 0 aliphatic rings. The number of fused-ring (bicyclic) bond motifs is 1. The first-order valence-electron chi connectivity index (χ1n) is 5.54.